The summed E-state index contributed by atoms with van der Waals surface area (Å²) in [6.45, 7) is 7.48. The third kappa shape index (κ3) is 4.63. The summed E-state index contributed by atoms with van der Waals surface area (Å²) in [5, 5.41) is 3.86. The first-order valence-electron chi connectivity index (χ1n) is 9.16. The first-order valence-corrected chi connectivity index (χ1v) is 10.4. The van der Waals surface area contributed by atoms with E-state index >= 15 is 0 Å². The number of para-hydroxylation sites is 2. The topological polar surface area (TPSA) is 41.6 Å². The summed E-state index contributed by atoms with van der Waals surface area (Å²) in [4.78, 5) is 15.4. The summed E-state index contributed by atoms with van der Waals surface area (Å²) >= 11 is 7.52. The van der Waals surface area contributed by atoms with Crippen LogP contribution in [0, 0.1) is 5.82 Å². The van der Waals surface area contributed by atoms with Gasteiger partial charge in [-0.25, -0.2) is 4.39 Å². The van der Waals surface area contributed by atoms with Crippen LogP contribution in [0.5, 0.6) is 5.75 Å². The van der Waals surface area contributed by atoms with E-state index in [1.165, 1.54) is 23.5 Å². The van der Waals surface area contributed by atoms with Crippen molar-refractivity contribution in [3.05, 3.63) is 58.2 Å². The zero-order valence-electron chi connectivity index (χ0n) is 15.8. The molecule has 28 heavy (non-hydrogen) atoms. The summed E-state index contributed by atoms with van der Waals surface area (Å²) < 4.78 is 20.0. The zero-order chi connectivity index (χ0) is 20.1. The maximum atomic E-state index is 13.4. The monoisotopic (exact) mass is 420 g/mol. The molecule has 0 aliphatic carbocycles. The summed E-state index contributed by atoms with van der Waals surface area (Å²) in [6, 6.07) is 11.6. The van der Waals surface area contributed by atoms with Crippen molar-refractivity contribution in [3.8, 4) is 5.75 Å². The molecule has 0 bridgehead atoms. The van der Waals surface area contributed by atoms with Crippen LogP contribution in [0.25, 0.3) is 10.1 Å². The zero-order valence-corrected chi connectivity index (χ0v) is 17.4. The second-order valence-corrected chi connectivity index (χ2v) is 7.64. The van der Waals surface area contributed by atoms with E-state index in [4.69, 9.17) is 16.3 Å². The van der Waals surface area contributed by atoms with Gasteiger partial charge in [0.05, 0.1) is 10.7 Å². The fourth-order valence-corrected chi connectivity index (χ4v) is 4.32. The normalized spacial score (nSPS) is 11.2. The van der Waals surface area contributed by atoms with Crippen molar-refractivity contribution in [2.24, 2.45) is 0 Å². The van der Waals surface area contributed by atoms with Crippen LogP contribution in [-0.4, -0.2) is 37.0 Å². The van der Waals surface area contributed by atoms with Crippen molar-refractivity contribution >= 4 is 44.6 Å². The molecule has 0 saturated carbocycles. The highest BCUT2D eigenvalue weighted by Gasteiger charge is 2.19. The average molecular weight is 421 g/mol. The predicted molar refractivity (Wildman–Crippen MR) is 114 cm³/mol. The third-order valence-corrected chi connectivity index (χ3v) is 6.15. The molecule has 1 aromatic heterocycles. The van der Waals surface area contributed by atoms with Crippen molar-refractivity contribution in [2.75, 3.05) is 31.6 Å². The molecule has 1 amide bonds. The van der Waals surface area contributed by atoms with Crippen LogP contribution in [-0.2, 0) is 0 Å². The Morgan fingerprint density at radius 2 is 1.96 bits per heavy atom. The van der Waals surface area contributed by atoms with E-state index in [9.17, 15) is 9.18 Å². The Labute approximate surface area is 172 Å². The van der Waals surface area contributed by atoms with E-state index in [0.717, 1.165) is 19.6 Å². The number of hydrogen-bond donors (Lipinski definition) is 1. The molecule has 0 radical (unpaired) electrons. The molecule has 1 heterocycles. The number of carbonyl (C=O) groups is 1. The van der Waals surface area contributed by atoms with E-state index in [0.29, 0.717) is 38.0 Å². The van der Waals surface area contributed by atoms with Crippen molar-refractivity contribution in [3.63, 3.8) is 0 Å². The van der Waals surface area contributed by atoms with E-state index in [1.807, 2.05) is 18.2 Å². The number of fused-ring (bicyclic) bond motifs is 1. The van der Waals surface area contributed by atoms with Crippen LogP contribution in [0.3, 0.4) is 0 Å². The number of anilines is 1. The van der Waals surface area contributed by atoms with Crippen molar-refractivity contribution in [1.82, 2.24) is 4.90 Å². The van der Waals surface area contributed by atoms with Gasteiger partial charge in [0.25, 0.3) is 5.91 Å². The van der Waals surface area contributed by atoms with Gasteiger partial charge in [-0.2, -0.15) is 0 Å². The molecule has 3 rings (SSSR count). The lowest BCUT2D eigenvalue weighted by atomic mass is 10.2. The minimum Gasteiger partial charge on any atom is -0.490 e. The summed E-state index contributed by atoms with van der Waals surface area (Å²) in [6.07, 6.45) is 0. The van der Waals surface area contributed by atoms with Crippen LogP contribution >= 0.6 is 22.9 Å². The Morgan fingerprint density at radius 1 is 1.21 bits per heavy atom. The van der Waals surface area contributed by atoms with Crippen LogP contribution in [0.4, 0.5) is 10.1 Å². The van der Waals surface area contributed by atoms with E-state index in [-0.39, 0.29) is 11.7 Å². The first kappa shape index (κ1) is 20.6. The summed E-state index contributed by atoms with van der Waals surface area (Å²) in [5.74, 6) is -0.0954. The second-order valence-electron chi connectivity index (χ2n) is 6.21. The lowest BCUT2D eigenvalue weighted by molar-refractivity contribution is 0.103. The Hall–Kier alpha value is -2.15. The Balaban J connectivity index is 1.75. The highest BCUT2D eigenvalue weighted by Crippen LogP contribution is 2.36. The number of carbonyl (C=O) groups excluding carboxylic acids is 1. The van der Waals surface area contributed by atoms with Gasteiger partial charge in [0, 0.05) is 16.6 Å². The van der Waals surface area contributed by atoms with E-state index in [2.05, 4.69) is 24.1 Å². The second kappa shape index (κ2) is 9.37. The molecule has 0 saturated heterocycles. The highest BCUT2D eigenvalue weighted by molar-refractivity contribution is 7.21. The Morgan fingerprint density at radius 3 is 2.71 bits per heavy atom. The van der Waals surface area contributed by atoms with Crippen LogP contribution in [0.1, 0.15) is 23.5 Å². The average Bonchev–Trinajstić information content (AvgIpc) is 3.02. The lowest BCUT2D eigenvalue weighted by Gasteiger charge is -2.19. The third-order valence-electron chi connectivity index (χ3n) is 4.49. The number of nitrogens with one attached hydrogen (secondary N) is 1. The molecular formula is C21H22ClFN2O2S. The van der Waals surface area contributed by atoms with Gasteiger partial charge < -0.3 is 15.0 Å². The molecule has 7 heteroatoms. The standard InChI is InChI=1S/C21H22ClFN2O2S/c1-3-25(4-2)11-12-27-17-8-6-5-7-16(17)24-21(26)20-19(22)15-10-9-14(23)13-18(15)28-20/h5-10,13H,3-4,11-12H2,1-2H3,(H,24,26). The van der Waals surface area contributed by atoms with Gasteiger partial charge >= 0.3 is 0 Å². The van der Waals surface area contributed by atoms with Gasteiger partial charge in [-0.05, 0) is 43.4 Å². The Bertz CT molecular complexity index is 972. The maximum absolute atomic E-state index is 13.4. The van der Waals surface area contributed by atoms with Gasteiger partial charge in [0.1, 0.15) is 23.1 Å². The van der Waals surface area contributed by atoms with Crippen LogP contribution in [0.2, 0.25) is 5.02 Å². The van der Waals surface area contributed by atoms with Gasteiger partial charge in [-0.3, -0.25) is 4.79 Å². The van der Waals surface area contributed by atoms with E-state index < -0.39 is 0 Å². The fourth-order valence-electron chi connectivity index (χ4n) is 2.88. The van der Waals surface area contributed by atoms with Crippen LogP contribution < -0.4 is 10.1 Å². The molecular weight excluding hydrogens is 399 g/mol. The molecule has 0 spiro atoms. The number of ether oxygens (including phenoxy) is 1. The minimum absolute atomic E-state index is 0.331. The number of likely N-dealkylation sites (N-methyl/N-ethyl adjacent to an activating group) is 1. The summed E-state index contributed by atoms with van der Waals surface area (Å²) in [7, 11) is 0. The molecule has 0 atom stereocenters. The molecule has 3 aromatic rings. The maximum Gasteiger partial charge on any atom is 0.267 e. The number of halogens is 2. The highest BCUT2D eigenvalue weighted by atomic mass is 35.5. The fraction of sp³-hybridized carbons (Fsp3) is 0.286. The van der Waals surface area contributed by atoms with Gasteiger partial charge in [-0.15, -0.1) is 11.3 Å². The van der Waals surface area contributed by atoms with Gasteiger partial charge in [0.15, 0.2) is 0 Å². The quantitative estimate of drug-likeness (QED) is 0.510. The number of thiophene rings is 1. The molecule has 2 aromatic carbocycles. The molecule has 4 nitrogen and oxygen atoms in total. The van der Waals surface area contributed by atoms with E-state index in [1.54, 1.807) is 12.1 Å². The lowest BCUT2D eigenvalue weighted by Crippen LogP contribution is -2.28. The van der Waals surface area contributed by atoms with Gasteiger partial charge in [-0.1, -0.05) is 37.6 Å². The van der Waals surface area contributed by atoms with Crippen molar-refractivity contribution in [1.29, 1.82) is 0 Å². The molecule has 1 N–H and O–H groups in total. The number of rotatable bonds is 8. The number of nitrogens with zero attached hydrogens (tertiary/aromatic N) is 1. The number of hydrogen-bond acceptors (Lipinski definition) is 4. The first-order chi connectivity index (χ1) is 13.5. The smallest absolute Gasteiger partial charge is 0.267 e. The molecule has 148 valence electrons. The predicted octanol–water partition coefficient (Wildman–Crippen LogP) is 5.67. The summed E-state index contributed by atoms with van der Waals surface area (Å²) in [5.41, 5.74) is 0.576. The minimum atomic E-state index is -0.357. The SMILES string of the molecule is CCN(CC)CCOc1ccccc1NC(=O)c1sc2cc(F)ccc2c1Cl. The largest absolute Gasteiger partial charge is 0.490 e. The molecule has 0 aliphatic rings. The van der Waals surface area contributed by atoms with Crippen LogP contribution in [0.15, 0.2) is 42.5 Å². The van der Waals surface area contributed by atoms with Crippen molar-refractivity contribution in [2.45, 2.75) is 13.8 Å². The number of benzene rings is 2. The molecule has 0 aliphatic heterocycles. The Kier molecular flexibility index (Phi) is 6.88. The molecule has 0 unspecified atom stereocenters. The molecule has 0 fully saturated rings. The number of amides is 1. The van der Waals surface area contributed by atoms with Gasteiger partial charge in [0.2, 0.25) is 0 Å². The van der Waals surface area contributed by atoms with Crippen molar-refractivity contribution < 1.29 is 13.9 Å².